The van der Waals surface area contributed by atoms with Crippen molar-refractivity contribution in [1.82, 2.24) is 14.9 Å². The van der Waals surface area contributed by atoms with E-state index in [1.165, 1.54) is 12.1 Å². The standard InChI is InChI=1S/C17H22FN5O/c1-13-20-16(19-5-6-23-7-9-24-10-8-23)12-17(21-13)22-15-4-2-3-14(18)11-15/h2-4,11-12H,5-10H2,1H3,(H2,19,20,21,22). The molecule has 0 radical (unpaired) electrons. The summed E-state index contributed by atoms with van der Waals surface area (Å²) in [7, 11) is 0. The smallest absolute Gasteiger partial charge is 0.136 e. The molecule has 3 rings (SSSR count). The second kappa shape index (κ2) is 8.03. The van der Waals surface area contributed by atoms with Crippen molar-refractivity contribution in [3.05, 3.63) is 42.0 Å². The van der Waals surface area contributed by atoms with Crippen LogP contribution in [0.1, 0.15) is 5.82 Å². The first-order valence-corrected chi connectivity index (χ1v) is 8.11. The topological polar surface area (TPSA) is 62.3 Å². The van der Waals surface area contributed by atoms with Crippen molar-refractivity contribution >= 4 is 17.3 Å². The number of aryl methyl sites for hydroxylation is 1. The van der Waals surface area contributed by atoms with Gasteiger partial charge >= 0.3 is 0 Å². The monoisotopic (exact) mass is 331 g/mol. The Kier molecular flexibility index (Phi) is 5.55. The molecule has 1 aliphatic rings. The molecule has 128 valence electrons. The summed E-state index contributed by atoms with van der Waals surface area (Å²) in [6.45, 7) is 7.12. The fourth-order valence-corrected chi connectivity index (χ4v) is 2.60. The van der Waals surface area contributed by atoms with E-state index < -0.39 is 0 Å². The zero-order valence-electron chi connectivity index (χ0n) is 13.8. The molecule has 0 atom stereocenters. The molecule has 24 heavy (non-hydrogen) atoms. The first-order valence-electron chi connectivity index (χ1n) is 8.11. The number of nitrogens with zero attached hydrogens (tertiary/aromatic N) is 3. The minimum Gasteiger partial charge on any atom is -0.379 e. The lowest BCUT2D eigenvalue weighted by molar-refractivity contribution is 0.0398. The number of halogens is 1. The predicted octanol–water partition coefficient (Wildman–Crippen LogP) is 2.41. The molecule has 1 aliphatic heterocycles. The molecule has 1 aromatic carbocycles. The van der Waals surface area contributed by atoms with Gasteiger partial charge in [-0.1, -0.05) is 6.07 Å². The lowest BCUT2D eigenvalue weighted by Gasteiger charge is -2.26. The van der Waals surface area contributed by atoms with Crippen LogP contribution in [0.5, 0.6) is 0 Å². The Balaban J connectivity index is 1.58. The summed E-state index contributed by atoms with van der Waals surface area (Å²) in [6, 6.07) is 8.13. The van der Waals surface area contributed by atoms with E-state index in [9.17, 15) is 4.39 Å². The molecule has 0 amide bonds. The second-order valence-corrected chi connectivity index (χ2v) is 5.70. The first-order chi connectivity index (χ1) is 11.7. The molecule has 2 N–H and O–H groups in total. The third-order valence-corrected chi connectivity index (χ3v) is 3.77. The number of benzene rings is 1. The van der Waals surface area contributed by atoms with Gasteiger partial charge in [0.15, 0.2) is 0 Å². The van der Waals surface area contributed by atoms with Crippen LogP contribution in [0.25, 0.3) is 0 Å². The fourth-order valence-electron chi connectivity index (χ4n) is 2.60. The molecular weight excluding hydrogens is 309 g/mol. The van der Waals surface area contributed by atoms with Gasteiger partial charge in [-0.25, -0.2) is 14.4 Å². The van der Waals surface area contributed by atoms with Crippen LogP contribution in [0.4, 0.5) is 21.7 Å². The molecule has 1 aromatic heterocycles. The maximum absolute atomic E-state index is 13.3. The van der Waals surface area contributed by atoms with Gasteiger partial charge < -0.3 is 15.4 Å². The van der Waals surface area contributed by atoms with E-state index >= 15 is 0 Å². The molecule has 1 fully saturated rings. The number of morpholine rings is 1. The summed E-state index contributed by atoms with van der Waals surface area (Å²) in [5.74, 6) is 1.77. The highest BCUT2D eigenvalue weighted by atomic mass is 19.1. The van der Waals surface area contributed by atoms with Crippen LogP contribution in [0, 0.1) is 12.7 Å². The Morgan fingerprint density at radius 3 is 2.75 bits per heavy atom. The van der Waals surface area contributed by atoms with Gasteiger partial charge in [-0.15, -0.1) is 0 Å². The summed E-state index contributed by atoms with van der Waals surface area (Å²) in [5, 5.41) is 6.43. The molecule has 0 aliphatic carbocycles. The number of anilines is 3. The Hall–Kier alpha value is -2.25. The van der Waals surface area contributed by atoms with Gasteiger partial charge in [-0.05, 0) is 25.1 Å². The number of aromatic nitrogens is 2. The summed E-state index contributed by atoms with van der Waals surface area (Å²) in [6.07, 6.45) is 0. The molecule has 0 unspecified atom stereocenters. The van der Waals surface area contributed by atoms with Crippen LogP contribution < -0.4 is 10.6 Å². The largest absolute Gasteiger partial charge is 0.379 e. The van der Waals surface area contributed by atoms with E-state index in [-0.39, 0.29) is 5.82 Å². The highest BCUT2D eigenvalue weighted by Gasteiger charge is 2.09. The molecule has 0 spiro atoms. The van der Waals surface area contributed by atoms with E-state index in [1.54, 1.807) is 12.1 Å². The van der Waals surface area contributed by atoms with Crippen molar-refractivity contribution in [3.63, 3.8) is 0 Å². The number of nitrogens with one attached hydrogen (secondary N) is 2. The summed E-state index contributed by atoms with van der Waals surface area (Å²) < 4.78 is 18.6. The van der Waals surface area contributed by atoms with Gasteiger partial charge in [0.1, 0.15) is 23.3 Å². The Labute approximate surface area is 141 Å². The first kappa shape index (κ1) is 16.6. The van der Waals surface area contributed by atoms with Crippen LogP contribution in [0.3, 0.4) is 0 Å². The third kappa shape index (κ3) is 4.87. The lowest BCUT2D eigenvalue weighted by atomic mass is 10.3. The summed E-state index contributed by atoms with van der Waals surface area (Å²) in [4.78, 5) is 11.1. The van der Waals surface area contributed by atoms with E-state index in [0.29, 0.717) is 17.3 Å². The SMILES string of the molecule is Cc1nc(NCCN2CCOCC2)cc(Nc2cccc(F)c2)n1. The fraction of sp³-hybridized carbons (Fsp3) is 0.412. The zero-order chi connectivity index (χ0) is 16.8. The highest BCUT2D eigenvalue weighted by Crippen LogP contribution is 2.18. The van der Waals surface area contributed by atoms with E-state index in [1.807, 2.05) is 13.0 Å². The van der Waals surface area contributed by atoms with Gasteiger partial charge in [0.25, 0.3) is 0 Å². The Morgan fingerprint density at radius 1 is 1.17 bits per heavy atom. The van der Waals surface area contributed by atoms with Gasteiger partial charge in [-0.2, -0.15) is 0 Å². The van der Waals surface area contributed by atoms with E-state index in [2.05, 4.69) is 25.5 Å². The van der Waals surface area contributed by atoms with Gasteiger partial charge in [-0.3, -0.25) is 4.90 Å². The van der Waals surface area contributed by atoms with Gasteiger partial charge in [0.2, 0.25) is 0 Å². The molecule has 0 saturated carbocycles. The van der Waals surface area contributed by atoms with Crippen molar-refractivity contribution in [2.24, 2.45) is 0 Å². The molecule has 2 heterocycles. The molecule has 0 bridgehead atoms. The van der Waals surface area contributed by atoms with Gasteiger partial charge in [0.05, 0.1) is 13.2 Å². The quantitative estimate of drug-likeness (QED) is 0.848. The minimum absolute atomic E-state index is 0.283. The normalized spacial score (nSPS) is 15.2. The van der Waals surface area contributed by atoms with E-state index in [4.69, 9.17) is 4.74 Å². The predicted molar refractivity (Wildman–Crippen MR) is 92.2 cm³/mol. The summed E-state index contributed by atoms with van der Waals surface area (Å²) in [5.41, 5.74) is 0.660. The maximum atomic E-state index is 13.3. The van der Waals surface area contributed by atoms with Crippen molar-refractivity contribution in [3.8, 4) is 0 Å². The average Bonchev–Trinajstić information content (AvgIpc) is 2.55. The number of hydrogen-bond donors (Lipinski definition) is 2. The highest BCUT2D eigenvalue weighted by molar-refractivity contribution is 5.59. The van der Waals surface area contributed by atoms with Crippen molar-refractivity contribution < 1.29 is 9.13 Å². The van der Waals surface area contributed by atoms with Crippen molar-refractivity contribution in [1.29, 1.82) is 0 Å². The van der Waals surface area contributed by atoms with Crippen molar-refractivity contribution in [2.75, 3.05) is 50.0 Å². The number of hydrogen-bond acceptors (Lipinski definition) is 6. The Bertz CT molecular complexity index is 676. The molecule has 2 aromatic rings. The van der Waals surface area contributed by atoms with Crippen molar-refractivity contribution in [2.45, 2.75) is 6.92 Å². The van der Waals surface area contributed by atoms with Crippen LogP contribution in [-0.4, -0.2) is 54.3 Å². The molecule has 6 nitrogen and oxygen atoms in total. The second-order valence-electron chi connectivity index (χ2n) is 5.70. The van der Waals surface area contributed by atoms with E-state index in [0.717, 1.165) is 45.2 Å². The number of rotatable bonds is 6. The molecular formula is C17H22FN5O. The van der Waals surface area contributed by atoms with Crippen LogP contribution in [0.2, 0.25) is 0 Å². The van der Waals surface area contributed by atoms with Crippen LogP contribution >= 0.6 is 0 Å². The zero-order valence-corrected chi connectivity index (χ0v) is 13.8. The molecule has 7 heteroatoms. The maximum Gasteiger partial charge on any atom is 0.136 e. The lowest BCUT2D eigenvalue weighted by Crippen LogP contribution is -2.39. The molecule has 1 saturated heterocycles. The average molecular weight is 331 g/mol. The Morgan fingerprint density at radius 2 is 1.96 bits per heavy atom. The minimum atomic E-state index is -0.283. The van der Waals surface area contributed by atoms with Gasteiger partial charge in [0, 0.05) is 37.9 Å². The third-order valence-electron chi connectivity index (χ3n) is 3.77. The number of ether oxygens (including phenoxy) is 1. The summed E-state index contributed by atoms with van der Waals surface area (Å²) >= 11 is 0. The van der Waals surface area contributed by atoms with Crippen LogP contribution in [0.15, 0.2) is 30.3 Å². The van der Waals surface area contributed by atoms with Crippen LogP contribution in [-0.2, 0) is 4.74 Å².